The van der Waals surface area contributed by atoms with E-state index in [1.807, 2.05) is 35.8 Å². The highest BCUT2D eigenvalue weighted by molar-refractivity contribution is 5.71. The Bertz CT molecular complexity index is 288. The lowest BCUT2D eigenvalue weighted by Crippen LogP contribution is -2.36. The van der Waals surface area contributed by atoms with Crippen LogP contribution in [0.5, 0.6) is 0 Å². The molecule has 3 N–H and O–H groups in total. The number of aliphatic hydroxyl groups is 1. The van der Waals surface area contributed by atoms with Crippen LogP contribution in [0.2, 0.25) is 0 Å². The summed E-state index contributed by atoms with van der Waals surface area (Å²) in [7, 11) is 0. The maximum Gasteiger partial charge on any atom is 0.350 e. The minimum atomic E-state index is -1.70. The van der Waals surface area contributed by atoms with Crippen LogP contribution >= 0.6 is 0 Å². The average Bonchev–Trinajstić information content (AvgIpc) is 2.19. The van der Waals surface area contributed by atoms with Crippen LogP contribution in [0.15, 0.2) is 30.3 Å². The first-order valence-corrected chi connectivity index (χ1v) is 4.02. The fraction of sp³-hybridized carbons (Fsp3) is 0.222. The Morgan fingerprint density at radius 3 is 2.64 bits per heavy atom. The Morgan fingerprint density at radius 2 is 2.07 bits per heavy atom. The summed E-state index contributed by atoms with van der Waals surface area (Å²) in [6.07, 6.45) is -1.70. The van der Waals surface area contributed by atoms with Gasteiger partial charge in [0.25, 0.3) is 0 Å². The smallest absolute Gasteiger partial charge is 0.350 e. The lowest BCUT2D eigenvalue weighted by Gasteiger charge is -2.08. The zero-order chi connectivity index (χ0) is 10.4. The van der Waals surface area contributed by atoms with Gasteiger partial charge in [-0.05, 0) is 5.56 Å². The first-order chi connectivity index (χ1) is 6.70. The van der Waals surface area contributed by atoms with Gasteiger partial charge in [0.05, 0.1) is 6.61 Å². The maximum atomic E-state index is 10.1. The number of nitrogens with one attached hydrogen (secondary N) is 1. The number of carboxylic acid groups (broad SMARTS) is 1. The van der Waals surface area contributed by atoms with Gasteiger partial charge in [-0.25, -0.2) is 4.79 Å². The molecule has 0 aliphatic carbocycles. The summed E-state index contributed by atoms with van der Waals surface area (Å²) in [5.74, 6) is -1.38. The number of hydroxylamine groups is 1. The van der Waals surface area contributed by atoms with Crippen molar-refractivity contribution in [3.63, 3.8) is 0 Å². The zero-order valence-corrected chi connectivity index (χ0v) is 7.38. The fourth-order valence-electron chi connectivity index (χ4n) is 0.829. The fourth-order valence-corrected chi connectivity index (χ4v) is 0.829. The molecule has 1 rings (SSSR count). The molecule has 14 heavy (non-hydrogen) atoms. The second-order valence-corrected chi connectivity index (χ2v) is 2.63. The number of aliphatic carboxylic acids is 1. The quantitative estimate of drug-likeness (QED) is 0.461. The van der Waals surface area contributed by atoms with Gasteiger partial charge in [0.1, 0.15) is 0 Å². The predicted octanol–water partition coefficient (Wildman–Crippen LogP) is 0.111. The van der Waals surface area contributed by atoms with Crippen molar-refractivity contribution in [1.29, 1.82) is 0 Å². The molecular formula is C9H11NO4. The monoisotopic (exact) mass is 197 g/mol. The van der Waals surface area contributed by atoms with Crippen LogP contribution in [0.4, 0.5) is 0 Å². The third-order valence-corrected chi connectivity index (χ3v) is 1.51. The van der Waals surface area contributed by atoms with Crippen molar-refractivity contribution >= 4 is 5.97 Å². The summed E-state index contributed by atoms with van der Waals surface area (Å²) < 4.78 is 0. The summed E-state index contributed by atoms with van der Waals surface area (Å²) in [5.41, 5.74) is 2.87. The van der Waals surface area contributed by atoms with Gasteiger partial charge in [0.2, 0.25) is 6.23 Å². The molecule has 0 heterocycles. The zero-order valence-electron chi connectivity index (χ0n) is 7.38. The first kappa shape index (κ1) is 10.6. The molecule has 0 spiro atoms. The van der Waals surface area contributed by atoms with E-state index in [1.54, 1.807) is 0 Å². The van der Waals surface area contributed by atoms with Crippen LogP contribution in [0.3, 0.4) is 0 Å². The molecule has 0 fully saturated rings. The Balaban J connectivity index is 2.26. The first-order valence-electron chi connectivity index (χ1n) is 4.02. The second kappa shape index (κ2) is 5.33. The predicted molar refractivity (Wildman–Crippen MR) is 48.0 cm³/mol. The average molecular weight is 197 g/mol. The minimum absolute atomic E-state index is 0.200. The Hall–Kier alpha value is -1.43. The summed E-state index contributed by atoms with van der Waals surface area (Å²) in [6, 6.07) is 9.20. The Morgan fingerprint density at radius 1 is 1.43 bits per heavy atom. The van der Waals surface area contributed by atoms with E-state index in [0.29, 0.717) is 0 Å². The van der Waals surface area contributed by atoms with Gasteiger partial charge in [-0.3, -0.25) is 4.84 Å². The molecule has 0 amide bonds. The van der Waals surface area contributed by atoms with E-state index in [9.17, 15) is 4.79 Å². The molecule has 5 heteroatoms. The number of benzene rings is 1. The third-order valence-electron chi connectivity index (χ3n) is 1.51. The highest BCUT2D eigenvalue weighted by Crippen LogP contribution is 1.98. The largest absolute Gasteiger partial charge is 0.478 e. The molecule has 0 saturated heterocycles. The van der Waals surface area contributed by atoms with Gasteiger partial charge >= 0.3 is 5.97 Å². The molecule has 0 aromatic heterocycles. The number of rotatable bonds is 5. The number of hydrogen-bond donors (Lipinski definition) is 3. The molecule has 0 radical (unpaired) electrons. The molecule has 1 atom stereocenters. The second-order valence-electron chi connectivity index (χ2n) is 2.63. The van der Waals surface area contributed by atoms with Crippen molar-refractivity contribution in [2.75, 3.05) is 0 Å². The Labute approximate surface area is 80.9 Å². The Kier molecular flexibility index (Phi) is 4.06. The normalized spacial score (nSPS) is 12.4. The highest BCUT2D eigenvalue weighted by atomic mass is 16.7. The molecule has 0 saturated carbocycles. The van der Waals surface area contributed by atoms with Crippen LogP contribution in [-0.4, -0.2) is 22.4 Å². The molecular weight excluding hydrogens is 186 g/mol. The van der Waals surface area contributed by atoms with Gasteiger partial charge in [-0.1, -0.05) is 30.3 Å². The molecule has 0 aliphatic rings. The van der Waals surface area contributed by atoms with Gasteiger partial charge in [-0.15, -0.1) is 0 Å². The van der Waals surface area contributed by atoms with E-state index in [-0.39, 0.29) is 6.61 Å². The SMILES string of the molecule is O=C(O)C(O)NOCc1ccccc1. The summed E-state index contributed by atoms with van der Waals surface area (Å²) in [5, 5.41) is 17.1. The lowest BCUT2D eigenvalue weighted by molar-refractivity contribution is -0.160. The standard InChI is InChI=1S/C9H11NO4/c11-8(9(12)13)10-14-6-7-4-2-1-3-5-7/h1-5,8,10-11H,6H2,(H,12,13). The van der Waals surface area contributed by atoms with Crippen LogP contribution in [0, 0.1) is 0 Å². The van der Waals surface area contributed by atoms with Crippen LogP contribution in [-0.2, 0) is 16.2 Å². The molecule has 76 valence electrons. The minimum Gasteiger partial charge on any atom is -0.478 e. The van der Waals surface area contributed by atoms with E-state index in [2.05, 4.69) is 0 Å². The molecule has 1 aromatic rings. The number of carbonyl (C=O) groups is 1. The van der Waals surface area contributed by atoms with Crippen LogP contribution in [0.1, 0.15) is 5.56 Å². The molecule has 0 bridgehead atoms. The van der Waals surface area contributed by atoms with Crippen molar-refractivity contribution < 1.29 is 19.8 Å². The number of aliphatic hydroxyl groups excluding tert-OH is 1. The van der Waals surface area contributed by atoms with E-state index < -0.39 is 12.2 Å². The molecule has 1 unspecified atom stereocenters. The van der Waals surface area contributed by atoms with E-state index in [4.69, 9.17) is 15.1 Å². The van der Waals surface area contributed by atoms with Gasteiger partial charge in [0.15, 0.2) is 0 Å². The van der Waals surface area contributed by atoms with Crippen molar-refractivity contribution in [2.24, 2.45) is 0 Å². The van der Waals surface area contributed by atoms with E-state index in [0.717, 1.165) is 5.56 Å². The summed E-state index contributed by atoms with van der Waals surface area (Å²) in [4.78, 5) is 14.9. The summed E-state index contributed by atoms with van der Waals surface area (Å²) in [6.45, 7) is 0.200. The third kappa shape index (κ3) is 3.53. The topological polar surface area (TPSA) is 78.8 Å². The van der Waals surface area contributed by atoms with Crippen molar-refractivity contribution in [3.05, 3.63) is 35.9 Å². The molecule has 5 nitrogen and oxygen atoms in total. The number of hydrogen-bond acceptors (Lipinski definition) is 4. The maximum absolute atomic E-state index is 10.1. The number of carboxylic acids is 1. The summed E-state index contributed by atoms with van der Waals surface area (Å²) >= 11 is 0. The van der Waals surface area contributed by atoms with Crippen molar-refractivity contribution in [2.45, 2.75) is 12.8 Å². The van der Waals surface area contributed by atoms with Gasteiger partial charge in [0, 0.05) is 0 Å². The van der Waals surface area contributed by atoms with E-state index in [1.165, 1.54) is 0 Å². The van der Waals surface area contributed by atoms with Crippen molar-refractivity contribution in [1.82, 2.24) is 5.48 Å². The van der Waals surface area contributed by atoms with Gasteiger partial charge < -0.3 is 10.2 Å². The molecule has 1 aromatic carbocycles. The van der Waals surface area contributed by atoms with Crippen LogP contribution < -0.4 is 5.48 Å². The lowest BCUT2D eigenvalue weighted by atomic mass is 10.2. The van der Waals surface area contributed by atoms with Crippen LogP contribution in [0.25, 0.3) is 0 Å². The highest BCUT2D eigenvalue weighted by Gasteiger charge is 2.11. The molecule has 0 aliphatic heterocycles. The van der Waals surface area contributed by atoms with Crippen molar-refractivity contribution in [3.8, 4) is 0 Å². The van der Waals surface area contributed by atoms with Gasteiger partial charge in [-0.2, -0.15) is 5.48 Å². The van der Waals surface area contributed by atoms with E-state index >= 15 is 0 Å².